The SMILES string of the molecule is CC(=O)CCC(C(C)=O)(C(C)=O)c1ccc(C)cc1. The van der Waals surface area contributed by atoms with Gasteiger partial charge >= 0.3 is 0 Å². The number of aryl methyl sites for hydroxylation is 1. The molecule has 0 spiro atoms. The standard InChI is InChI=1S/C16H20O3/c1-11-5-7-15(8-6-11)16(13(3)18,14(4)19)10-9-12(2)17/h5-8H,9-10H2,1-4H3. The fourth-order valence-corrected chi connectivity index (χ4v) is 2.35. The highest BCUT2D eigenvalue weighted by atomic mass is 16.2. The smallest absolute Gasteiger partial charge is 0.147 e. The van der Waals surface area contributed by atoms with Crippen LogP contribution in [0.25, 0.3) is 0 Å². The minimum absolute atomic E-state index is 0.0148. The van der Waals surface area contributed by atoms with E-state index < -0.39 is 5.41 Å². The van der Waals surface area contributed by atoms with E-state index in [-0.39, 0.29) is 30.2 Å². The zero-order valence-corrected chi connectivity index (χ0v) is 11.9. The van der Waals surface area contributed by atoms with Crippen LogP contribution in [0.4, 0.5) is 0 Å². The number of ketones is 3. The quantitative estimate of drug-likeness (QED) is 0.739. The summed E-state index contributed by atoms with van der Waals surface area (Å²) in [6.07, 6.45) is 0.475. The van der Waals surface area contributed by atoms with Crippen molar-refractivity contribution in [1.82, 2.24) is 0 Å². The van der Waals surface area contributed by atoms with E-state index in [0.717, 1.165) is 5.56 Å². The van der Waals surface area contributed by atoms with Crippen molar-refractivity contribution >= 4 is 17.3 Å². The van der Waals surface area contributed by atoms with E-state index in [0.29, 0.717) is 5.56 Å². The molecule has 0 heterocycles. The summed E-state index contributed by atoms with van der Waals surface area (Å²) in [6.45, 7) is 6.26. The van der Waals surface area contributed by atoms with Crippen LogP contribution in [0.2, 0.25) is 0 Å². The van der Waals surface area contributed by atoms with Crippen LogP contribution >= 0.6 is 0 Å². The van der Waals surface area contributed by atoms with E-state index in [9.17, 15) is 14.4 Å². The fourth-order valence-electron chi connectivity index (χ4n) is 2.35. The van der Waals surface area contributed by atoms with Gasteiger partial charge in [0.25, 0.3) is 0 Å². The molecule has 19 heavy (non-hydrogen) atoms. The van der Waals surface area contributed by atoms with E-state index >= 15 is 0 Å². The predicted molar refractivity (Wildman–Crippen MR) is 74.1 cm³/mol. The van der Waals surface area contributed by atoms with Crippen LogP contribution in [-0.4, -0.2) is 17.3 Å². The van der Waals surface area contributed by atoms with Gasteiger partial charge in [0, 0.05) is 6.42 Å². The van der Waals surface area contributed by atoms with Gasteiger partial charge in [0.1, 0.15) is 22.8 Å². The van der Waals surface area contributed by atoms with Gasteiger partial charge < -0.3 is 4.79 Å². The van der Waals surface area contributed by atoms with Crippen molar-refractivity contribution in [3.8, 4) is 0 Å². The minimum Gasteiger partial charge on any atom is -0.300 e. The summed E-state index contributed by atoms with van der Waals surface area (Å²) in [5, 5.41) is 0. The highest BCUT2D eigenvalue weighted by Gasteiger charge is 2.41. The molecule has 0 atom stereocenters. The molecule has 0 saturated heterocycles. The van der Waals surface area contributed by atoms with Gasteiger partial charge in [-0.15, -0.1) is 0 Å². The van der Waals surface area contributed by atoms with Crippen LogP contribution in [0.5, 0.6) is 0 Å². The van der Waals surface area contributed by atoms with E-state index in [1.165, 1.54) is 20.8 Å². The number of hydrogen-bond donors (Lipinski definition) is 0. The molecule has 1 aromatic carbocycles. The Morgan fingerprint density at radius 3 is 1.79 bits per heavy atom. The molecule has 1 aromatic rings. The van der Waals surface area contributed by atoms with Crippen molar-refractivity contribution in [3.05, 3.63) is 35.4 Å². The average molecular weight is 260 g/mol. The maximum atomic E-state index is 12.1. The maximum Gasteiger partial charge on any atom is 0.147 e. The largest absolute Gasteiger partial charge is 0.300 e. The summed E-state index contributed by atoms with van der Waals surface area (Å²) in [7, 11) is 0. The molecule has 102 valence electrons. The van der Waals surface area contributed by atoms with E-state index in [1.54, 1.807) is 12.1 Å². The Morgan fingerprint density at radius 1 is 0.947 bits per heavy atom. The van der Waals surface area contributed by atoms with Crippen molar-refractivity contribution in [1.29, 1.82) is 0 Å². The summed E-state index contributed by atoms with van der Waals surface area (Å²) >= 11 is 0. The highest BCUT2D eigenvalue weighted by Crippen LogP contribution is 2.32. The van der Waals surface area contributed by atoms with E-state index in [2.05, 4.69) is 0 Å². The summed E-state index contributed by atoms with van der Waals surface area (Å²) in [5.41, 5.74) is 0.565. The molecular formula is C16H20O3. The van der Waals surface area contributed by atoms with Crippen molar-refractivity contribution in [2.75, 3.05) is 0 Å². The molecule has 0 radical (unpaired) electrons. The van der Waals surface area contributed by atoms with Crippen LogP contribution in [0.1, 0.15) is 44.7 Å². The van der Waals surface area contributed by atoms with Crippen LogP contribution in [0.3, 0.4) is 0 Å². The van der Waals surface area contributed by atoms with Gasteiger partial charge in [-0.2, -0.15) is 0 Å². The molecule has 0 aliphatic carbocycles. The average Bonchev–Trinajstić information content (AvgIpc) is 2.30. The highest BCUT2D eigenvalue weighted by molar-refractivity contribution is 6.11. The Bertz CT molecular complexity index is 483. The van der Waals surface area contributed by atoms with Gasteiger partial charge in [0.15, 0.2) is 0 Å². The molecule has 0 aliphatic heterocycles. The number of Topliss-reactive ketones (excluding diaryl/α,β-unsaturated/α-hetero) is 3. The number of hydrogen-bond acceptors (Lipinski definition) is 3. The van der Waals surface area contributed by atoms with Crippen molar-refractivity contribution in [2.24, 2.45) is 0 Å². The van der Waals surface area contributed by atoms with Crippen molar-refractivity contribution < 1.29 is 14.4 Å². The van der Waals surface area contributed by atoms with Crippen LogP contribution in [0, 0.1) is 6.92 Å². The molecule has 0 N–H and O–H groups in total. The first-order valence-corrected chi connectivity index (χ1v) is 6.39. The summed E-state index contributed by atoms with van der Waals surface area (Å²) < 4.78 is 0. The topological polar surface area (TPSA) is 51.2 Å². The Morgan fingerprint density at radius 2 is 1.42 bits per heavy atom. The molecule has 3 heteroatoms. The summed E-state index contributed by atoms with van der Waals surface area (Å²) in [6, 6.07) is 7.37. The zero-order chi connectivity index (χ0) is 14.6. The Balaban J connectivity index is 3.31. The monoisotopic (exact) mass is 260 g/mol. The van der Waals surface area contributed by atoms with Crippen LogP contribution in [0.15, 0.2) is 24.3 Å². The lowest BCUT2D eigenvalue weighted by Gasteiger charge is -2.29. The molecule has 0 aromatic heterocycles. The van der Waals surface area contributed by atoms with Gasteiger partial charge in [-0.1, -0.05) is 29.8 Å². The zero-order valence-electron chi connectivity index (χ0n) is 11.9. The molecule has 0 amide bonds. The van der Waals surface area contributed by atoms with Gasteiger partial charge in [-0.25, -0.2) is 0 Å². The van der Waals surface area contributed by atoms with Crippen LogP contribution < -0.4 is 0 Å². The minimum atomic E-state index is -1.18. The number of rotatable bonds is 6. The van der Waals surface area contributed by atoms with Gasteiger partial charge in [0.2, 0.25) is 0 Å². The van der Waals surface area contributed by atoms with Gasteiger partial charge in [0.05, 0.1) is 0 Å². The van der Waals surface area contributed by atoms with Crippen molar-refractivity contribution in [3.63, 3.8) is 0 Å². The second kappa shape index (κ2) is 5.91. The number of benzene rings is 1. The van der Waals surface area contributed by atoms with Gasteiger partial charge in [-0.3, -0.25) is 9.59 Å². The van der Waals surface area contributed by atoms with Gasteiger partial charge in [-0.05, 0) is 39.7 Å². The molecule has 3 nitrogen and oxygen atoms in total. The second-order valence-electron chi connectivity index (χ2n) is 5.09. The molecule has 0 bridgehead atoms. The fraction of sp³-hybridized carbons (Fsp3) is 0.438. The molecule has 0 aliphatic rings. The first-order chi connectivity index (χ1) is 8.80. The first-order valence-electron chi connectivity index (χ1n) is 6.39. The molecule has 1 rings (SSSR count). The Hall–Kier alpha value is -1.77. The third-order valence-corrected chi connectivity index (χ3v) is 3.60. The number of carbonyl (C=O) groups excluding carboxylic acids is 3. The lowest BCUT2D eigenvalue weighted by atomic mass is 9.70. The van der Waals surface area contributed by atoms with Crippen molar-refractivity contribution in [2.45, 2.75) is 46.0 Å². The Kier molecular flexibility index (Phi) is 4.76. The van der Waals surface area contributed by atoms with E-state index in [4.69, 9.17) is 0 Å². The third-order valence-electron chi connectivity index (χ3n) is 3.60. The number of carbonyl (C=O) groups is 3. The van der Waals surface area contributed by atoms with E-state index in [1.807, 2.05) is 19.1 Å². The maximum absolute atomic E-state index is 12.1. The summed E-state index contributed by atoms with van der Waals surface area (Å²) in [4.78, 5) is 35.3. The lowest BCUT2D eigenvalue weighted by molar-refractivity contribution is -0.133. The molecule has 0 fully saturated rings. The lowest BCUT2D eigenvalue weighted by Crippen LogP contribution is -2.41. The predicted octanol–water partition coefficient (Wildman–Crippen LogP) is 2.78. The Labute approximate surface area is 114 Å². The molecule has 0 saturated carbocycles. The van der Waals surface area contributed by atoms with Crippen LogP contribution in [-0.2, 0) is 19.8 Å². The summed E-state index contributed by atoms with van der Waals surface area (Å²) in [5.74, 6) is -0.422. The first kappa shape index (κ1) is 15.3. The second-order valence-corrected chi connectivity index (χ2v) is 5.09. The normalized spacial score (nSPS) is 11.2. The molecular weight excluding hydrogens is 240 g/mol. The third kappa shape index (κ3) is 3.16. The molecule has 0 unspecified atom stereocenters.